The van der Waals surface area contributed by atoms with Gasteiger partial charge >= 0.3 is 0 Å². The number of nitrogens with two attached hydrogens (primary N) is 1. The zero-order valence-corrected chi connectivity index (χ0v) is 14.0. The molecule has 3 N–H and O–H groups in total. The number of aliphatic hydroxyl groups is 1. The molecule has 2 aliphatic rings. The summed E-state index contributed by atoms with van der Waals surface area (Å²) in [6, 6.07) is 0. The molecule has 2 unspecified atom stereocenters. The molecule has 2 aliphatic carbocycles. The highest BCUT2D eigenvalue weighted by molar-refractivity contribution is 5.04. The first-order chi connectivity index (χ1) is 9.22. The normalized spacial score (nSPS) is 43.5. The molecule has 20 heavy (non-hydrogen) atoms. The molecule has 0 radical (unpaired) electrons. The second-order valence-electron chi connectivity index (χ2n) is 8.86. The second-order valence-corrected chi connectivity index (χ2v) is 8.86. The van der Waals surface area contributed by atoms with Gasteiger partial charge in [-0.15, -0.1) is 0 Å². The number of hydrogen-bond donors (Lipinski definition) is 2. The molecule has 2 nitrogen and oxygen atoms in total. The van der Waals surface area contributed by atoms with E-state index >= 15 is 0 Å². The molecule has 0 bridgehead atoms. The lowest BCUT2D eigenvalue weighted by atomic mass is 9.54. The Bertz CT molecular complexity index is 325. The first-order valence-electron chi connectivity index (χ1n) is 8.65. The first-order valence-corrected chi connectivity index (χ1v) is 8.65. The van der Waals surface area contributed by atoms with Gasteiger partial charge in [0.25, 0.3) is 0 Å². The largest absolute Gasteiger partial charge is 0.389 e. The van der Waals surface area contributed by atoms with Crippen molar-refractivity contribution in [1.82, 2.24) is 0 Å². The Balaban J connectivity index is 2.11. The van der Waals surface area contributed by atoms with E-state index in [2.05, 4.69) is 27.7 Å². The van der Waals surface area contributed by atoms with Gasteiger partial charge in [0.15, 0.2) is 0 Å². The van der Waals surface area contributed by atoms with Crippen molar-refractivity contribution in [1.29, 1.82) is 0 Å². The Morgan fingerprint density at radius 2 is 1.70 bits per heavy atom. The van der Waals surface area contributed by atoms with E-state index in [0.29, 0.717) is 12.0 Å². The van der Waals surface area contributed by atoms with Gasteiger partial charge in [0.1, 0.15) is 0 Å². The molecule has 2 saturated carbocycles. The fourth-order valence-electron chi connectivity index (χ4n) is 4.95. The van der Waals surface area contributed by atoms with Gasteiger partial charge in [0, 0.05) is 12.0 Å². The van der Waals surface area contributed by atoms with Crippen LogP contribution >= 0.6 is 0 Å². The van der Waals surface area contributed by atoms with Crippen molar-refractivity contribution in [3.05, 3.63) is 0 Å². The van der Waals surface area contributed by atoms with Gasteiger partial charge in [-0.25, -0.2) is 0 Å². The first kappa shape index (κ1) is 16.3. The third-order valence-corrected chi connectivity index (χ3v) is 6.51. The van der Waals surface area contributed by atoms with E-state index in [1.165, 1.54) is 12.8 Å². The topological polar surface area (TPSA) is 46.2 Å². The summed E-state index contributed by atoms with van der Waals surface area (Å²) in [6.45, 7) is 10.00. The van der Waals surface area contributed by atoms with Crippen LogP contribution in [0.4, 0.5) is 0 Å². The summed E-state index contributed by atoms with van der Waals surface area (Å²) < 4.78 is 0. The summed E-state index contributed by atoms with van der Waals surface area (Å²) in [5.74, 6) is 1.47. The van der Waals surface area contributed by atoms with E-state index in [0.717, 1.165) is 50.4 Å². The third kappa shape index (κ3) is 2.92. The van der Waals surface area contributed by atoms with Gasteiger partial charge in [-0.1, -0.05) is 40.5 Å². The molecular weight excluding hydrogens is 246 g/mol. The standard InChI is InChI=1S/C18H35NO/c1-14-6-5-9-17(12-14,13-19)18(20)10-7-15(8-11-18)16(2,3)4/h14-15,20H,5-13,19H2,1-4H3. The van der Waals surface area contributed by atoms with Crippen LogP contribution in [0.25, 0.3) is 0 Å². The molecule has 2 fully saturated rings. The minimum absolute atomic E-state index is 0.00643. The van der Waals surface area contributed by atoms with Gasteiger partial charge < -0.3 is 10.8 Å². The van der Waals surface area contributed by atoms with Crippen LogP contribution in [0.15, 0.2) is 0 Å². The molecule has 2 atom stereocenters. The summed E-state index contributed by atoms with van der Waals surface area (Å²) in [6.07, 6.45) is 9.04. The lowest BCUT2D eigenvalue weighted by molar-refractivity contribution is -0.140. The molecule has 0 aromatic rings. The van der Waals surface area contributed by atoms with Crippen molar-refractivity contribution in [3.63, 3.8) is 0 Å². The highest BCUT2D eigenvalue weighted by atomic mass is 16.3. The van der Waals surface area contributed by atoms with Gasteiger partial charge in [0.2, 0.25) is 0 Å². The molecule has 0 spiro atoms. The third-order valence-electron chi connectivity index (χ3n) is 6.51. The van der Waals surface area contributed by atoms with E-state index in [4.69, 9.17) is 5.73 Å². The van der Waals surface area contributed by atoms with Crippen LogP contribution in [0.3, 0.4) is 0 Å². The Hall–Kier alpha value is -0.0800. The van der Waals surface area contributed by atoms with Crippen molar-refractivity contribution in [2.45, 2.75) is 84.7 Å². The van der Waals surface area contributed by atoms with Crippen molar-refractivity contribution in [2.24, 2.45) is 28.4 Å². The van der Waals surface area contributed by atoms with Gasteiger partial charge in [-0.05, 0) is 55.8 Å². The molecule has 0 saturated heterocycles. The van der Waals surface area contributed by atoms with Gasteiger partial charge in [-0.2, -0.15) is 0 Å². The second kappa shape index (κ2) is 5.61. The van der Waals surface area contributed by atoms with Crippen LogP contribution in [0.5, 0.6) is 0 Å². The zero-order chi connectivity index (χ0) is 15.0. The molecule has 0 aromatic heterocycles. The minimum atomic E-state index is -0.502. The summed E-state index contributed by atoms with van der Waals surface area (Å²) in [5, 5.41) is 11.4. The summed E-state index contributed by atoms with van der Waals surface area (Å²) >= 11 is 0. The minimum Gasteiger partial charge on any atom is -0.389 e. The molecule has 0 heterocycles. The predicted octanol–water partition coefficient (Wildman–Crippen LogP) is 4.11. The van der Waals surface area contributed by atoms with Crippen LogP contribution in [0, 0.1) is 22.7 Å². The summed E-state index contributed by atoms with van der Waals surface area (Å²) in [5.41, 5.74) is 6.04. The summed E-state index contributed by atoms with van der Waals surface area (Å²) in [7, 11) is 0. The number of hydrogen-bond acceptors (Lipinski definition) is 2. The fraction of sp³-hybridized carbons (Fsp3) is 1.00. The van der Waals surface area contributed by atoms with Crippen molar-refractivity contribution < 1.29 is 5.11 Å². The highest BCUT2D eigenvalue weighted by Gasteiger charge is 2.52. The quantitative estimate of drug-likeness (QED) is 0.800. The zero-order valence-electron chi connectivity index (χ0n) is 14.0. The van der Waals surface area contributed by atoms with Crippen molar-refractivity contribution in [2.75, 3.05) is 6.54 Å². The Kier molecular flexibility index (Phi) is 4.57. The lowest BCUT2D eigenvalue weighted by Gasteiger charge is -2.54. The van der Waals surface area contributed by atoms with Crippen LogP contribution in [-0.2, 0) is 0 Å². The maximum absolute atomic E-state index is 11.4. The van der Waals surface area contributed by atoms with E-state index in [1.807, 2.05) is 0 Å². The van der Waals surface area contributed by atoms with Crippen LogP contribution in [-0.4, -0.2) is 17.3 Å². The highest BCUT2D eigenvalue weighted by Crippen LogP contribution is 2.54. The molecule has 118 valence electrons. The maximum Gasteiger partial charge on any atom is 0.0716 e. The van der Waals surface area contributed by atoms with E-state index in [1.54, 1.807) is 0 Å². The maximum atomic E-state index is 11.4. The monoisotopic (exact) mass is 281 g/mol. The van der Waals surface area contributed by atoms with Crippen LogP contribution in [0.2, 0.25) is 0 Å². The molecule has 0 aromatic carbocycles. The van der Waals surface area contributed by atoms with E-state index in [-0.39, 0.29) is 5.41 Å². The summed E-state index contributed by atoms with van der Waals surface area (Å²) in [4.78, 5) is 0. The molecule has 0 aliphatic heterocycles. The van der Waals surface area contributed by atoms with Crippen LogP contribution < -0.4 is 5.73 Å². The predicted molar refractivity (Wildman–Crippen MR) is 85.5 cm³/mol. The van der Waals surface area contributed by atoms with E-state index < -0.39 is 5.60 Å². The molecule has 0 amide bonds. The fourth-order valence-corrected chi connectivity index (χ4v) is 4.95. The average molecular weight is 281 g/mol. The SMILES string of the molecule is CC1CCCC(CN)(C2(O)CCC(C(C)(C)C)CC2)C1. The van der Waals surface area contributed by atoms with Crippen molar-refractivity contribution in [3.8, 4) is 0 Å². The van der Waals surface area contributed by atoms with Gasteiger partial charge in [-0.3, -0.25) is 0 Å². The van der Waals surface area contributed by atoms with Crippen molar-refractivity contribution >= 4 is 0 Å². The average Bonchev–Trinajstić information content (AvgIpc) is 2.38. The Morgan fingerprint density at radius 3 is 2.15 bits per heavy atom. The smallest absolute Gasteiger partial charge is 0.0716 e. The molecule has 2 rings (SSSR count). The number of rotatable bonds is 2. The van der Waals surface area contributed by atoms with Crippen LogP contribution in [0.1, 0.15) is 79.1 Å². The molecule has 2 heteroatoms. The Morgan fingerprint density at radius 1 is 1.10 bits per heavy atom. The Labute approximate surface area is 125 Å². The van der Waals surface area contributed by atoms with Gasteiger partial charge in [0.05, 0.1) is 5.60 Å². The van der Waals surface area contributed by atoms with E-state index in [9.17, 15) is 5.11 Å². The lowest BCUT2D eigenvalue weighted by Crippen LogP contribution is -2.56. The molecular formula is C18H35NO.